The third-order valence-electron chi connectivity index (χ3n) is 5.82. The Morgan fingerprint density at radius 1 is 1.21 bits per heavy atom. The molecule has 0 unspecified atom stereocenters. The van der Waals surface area contributed by atoms with Gasteiger partial charge in [-0.25, -0.2) is 0 Å². The smallest absolute Gasteiger partial charge is 0.274 e. The van der Waals surface area contributed by atoms with Gasteiger partial charge in [-0.15, -0.1) is 0 Å². The third-order valence-corrected chi connectivity index (χ3v) is 5.82. The van der Waals surface area contributed by atoms with Crippen molar-refractivity contribution in [3.05, 3.63) is 53.3 Å². The fourth-order valence-electron chi connectivity index (χ4n) is 4.27. The Morgan fingerprint density at radius 2 is 1.97 bits per heavy atom. The zero-order chi connectivity index (χ0) is 20.2. The number of nitrogens with one attached hydrogen (secondary N) is 1. The second-order valence-corrected chi connectivity index (χ2v) is 8.14. The van der Waals surface area contributed by atoms with Crippen LogP contribution in [0.15, 0.2) is 36.4 Å². The van der Waals surface area contributed by atoms with Crippen LogP contribution in [0.4, 0.5) is 0 Å². The van der Waals surface area contributed by atoms with E-state index in [-0.39, 0.29) is 30.6 Å². The van der Waals surface area contributed by atoms with Crippen LogP contribution >= 0.6 is 0 Å². The Bertz CT molecular complexity index is 858. The summed E-state index contributed by atoms with van der Waals surface area (Å²) < 4.78 is 1.45. The Kier molecular flexibility index (Phi) is 5.94. The summed E-state index contributed by atoms with van der Waals surface area (Å²) in [5.41, 5.74) is 1.66. The van der Waals surface area contributed by atoms with Gasteiger partial charge in [0, 0.05) is 25.7 Å². The molecule has 0 saturated heterocycles. The van der Waals surface area contributed by atoms with Gasteiger partial charge in [-0.05, 0) is 24.3 Å². The van der Waals surface area contributed by atoms with Crippen LogP contribution in [0.25, 0.3) is 0 Å². The van der Waals surface area contributed by atoms with Crippen molar-refractivity contribution in [3.63, 3.8) is 0 Å². The highest BCUT2D eigenvalue weighted by molar-refractivity contribution is 5.98. The van der Waals surface area contributed by atoms with E-state index < -0.39 is 6.10 Å². The highest BCUT2D eigenvalue weighted by Gasteiger charge is 2.28. The summed E-state index contributed by atoms with van der Waals surface area (Å²) >= 11 is 0. The predicted molar refractivity (Wildman–Crippen MR) is 108 cm³/mol. The number of carbonyl (C=O) groups is 2. The topological polar surface area (TPSA) is 87.5 Å². The quantitative estimate of drug-likeness (QED) is 0.811. The maximum atomic E-state index is 13.4. The molecule has 4 rings (SSSR count). The monoisotopic (exact) mass is 396 g/mol. The first-order chi connectivity index (χ1) is 14.1. The Balaban J connectivity index is 1.58. The van der Waals surface area contributed by atoms with Crippen LogP contribution in [0.2, 0.25) is 0 Å². The minimum atomic E-state index is -0.717. The molecule has 1 saturated carbocycles. The number of carbonyl (C=O) groups excluding carboxylic acids is 2. The summed E-state index contributed by atoms with van der Waals surface area (Å²) in [5, 5.41) is 17.0. The first-order valence-corrected chi connectivity index (χ1v) is 10.5. The molecule has 1 fully saturated rings. The fourth-order valence-corrected chi connectivity index (χ4v) is 4.27. The molecule has 1 aromatic heterocycles. The van der Waals surface area contributed by atoms with Gasteiger partial charge in [-0.1, -0.05) is 49.6 Å². The number of nitrogens with zero attached hydrogens (tertiary/aromatic N) is 3. The minimum absolute atomic E-state index is 0.165. The van der Waals surface area contributed by atoms with Crippen molar-refractivity contribution < 1.29 is 14.7 Å². The van der Waals surface area contributed by atoms with Crippen LogP contribution in [0.3, 0.4) is 0 Å². The second kappa shape index (κ2) is 8.78. The number of β-amino-alcohol motifs (C(OH)–C–C–N with tert-alkyl or cyclic N) is 1. The Morgan fingerprint density at radius 3 is 2.72 bits per heavy atom. The molecular weight excluding hydrogens is 368 g/mol. The molecule has 2 N–H and O–H groups in total. The van der Waals surface area contributed by atoms with E-state index in [1.54, 1.807) is 6.07 Å². The maximum Gasteiger partial charge on any atom is 0.274 e. The maximum absolute atomic E-state index is 13.4. The van der Waals surface area contributed by atoms with Gasteiger partial charge in [0.15, 0.2) is 5.69 Å². The average molecular weight is 396 g/mol. The molecule has 2 heterocycles. The zero-order valence-corrected chi connectivity index (χ0v) is 16.6. The van der Waals surface area contributed by atoms with Gasteiger partial charge >= 0.3 is 0 Å². The van der Waals surface area contributed by atoms with Crippen molar-refractivity contribution in [3.8, 4) is 0 Å². The van der Waals surface area contributed by atoms with Gasteiger partial charge in [0.1, 0.15) is 5.69 Å². The van der Waals surface area contributed by atoms with Gasteiger partial charge < -0.3 is 15.3 Å². The highest BCUT2D eigenvalue weighted by Crippen LogP contribution is 2.26. The molecule has 154 valence electrons. The first-order valence-electron chi connectivity index (χ1n) is 10.5. The van der Waals surface area contributed by atoms with Crippen LogP contribution < -0.4 is 5.32 Å². The molecule has 1 aliphatic carbocycles. The predicted octanol–water partition coefficient (Wildman–Crippen LogP) is 2.21. The van der Waals surface area contributed by atoms with E-state index in [9.17, 15) is 14.7 Å². The zero-order valence-electron chi connectivity index (χ0n) is 16.6. The number of fused-ring (bicyclic) bond motifs is 1. The number of aliphatic hydroxyl groups is 1. The minimum Gasteiger partial charge on any atom is -0.389 e. The number of amides is 2. The fraction of sp³-hybridized carbons (Fsp3) is 0.500. The SMILES string of the molecule is O=C1NC[C@@H](O)Cn2nc(C(=O)N(Cc3ccccc3)CC3CCCCC3)cc21. The lowest BCUT2D eigenvalue weighted by Crippen LogP contribution is -2.36. The Labute approximate surface area is 170 Å². The van der Waals surface area contributed by atoms with Crippen molar-refractivity contribution in [1.82, 2.24) is 20.0 Å². The molecule has 7 heteroatoms. The van der Waals surface area contributed by atoms with Crippen LogP contribution in [0.5, 0.6) is 0 Å². The normalized spacial score (nSPS) is 19.9. The Hall–Kier alpha value is -2.67. The van der Waals surface area contributed by atoms with E-state index in [0.717, 1.165) is 18.4 Å². The van der Waals surface area contributed by atoms with E-state index in [2.05, 4.69) is 10.4 Å². The summed E-state index contributed by atoms with van der Waals surface area (Å²) in [6.07, 6.45) is 5.28. The number of hydrogen-bond donors (Lipinski definition) is 2. The second-order valence-electron chi connectivity index (χ2n) is 8.14. The van der Waals surface area contributed by atoms with Gasteiger partial charge in [-0.2, -0.15) is 5.10 Å². The molecule has 29 heavy (non-hydrogen) atoms. The van der Waals surface area contributed by atoms with Gasteiger partial charge in [0.25, 0.3) is 11.8 Å². The number of aliphatic hydroxyl groups excluding tert-OH is 1. The lowest BCUT2D eigenvalue weighted by Gasteiger charge is -2.29. The first kappa shape index (κ1) is 19.6. The average Bonchev–Trinajstić information content (AvgIpc) is 3.11. The van der Waals surface area contributed by atoms with E-state index in [1.807, 2.05) is 35.2 Å². The van der Waals surface area contributed by atoms with Crippen LogP contribution in [-0.4, -0.2) is 50.8 Å². The van der Waals surface area contributed by atoms with Crippen LogP contribution in [-0.2, 0) is 13.1 Å². The number of aromatic nitrogens is 2. The largest absolute Gasteiger partial charge is 0.389 e. The molecule has 1 aromatic carbocycles. The molecular formula is C22H28N4O3. The van der Waals surface area contributed by atoms with Gasteiger partial charge in [0.2, 0.25) is 0 Å². The van der Waals surface area contributed by atoms with E-state index in [4.69, 9.17) is 0 Å². The molecule has 2 aliphatic rings. The number of rotatable bonds is 5. The summed E-state index contributed by atoms with van der Waals surface area (Å²) in [5.74, 6) is 0.0271. The molecule has 0 bridgehead atoms. The molecule has 1 aliphatic heterocycles. The summed E-state index contributed by atoms with van der Waals surface area (Å²) in [6.45, 7) is 1.61. The molecule has 2 aromatic rings. The van der Waals surface area contributed by atoms with Crippen molar-refractivity contribution >= 4 is 11.8 Å². The summed E-state index contributed by atoms with van der Waals surface area (Å²) in [4.78, 5) is 27.5. The van der Waals surface area contributed by atoms with Crippen molar-refractivity contribution in [2.75, 3.05) is 13.1 Å². The van der Waals surface area contributed by atoms with Crippen LogP contribution in [0, 0.1) is 5.92 Å². The molecule has 2 amide bonds. The summed E-state index contributed by atoms with van der Waals surface area (Å²) in [7, 11) is 0. The number of hydrogen-bond acceptors (Lipinski definition) is 4. The standard InChI is InChI=1S/C22H28N4O3/c27-18-12-23-21(28)20-11-19(24-26(20)15-18)22(29)25(13-16-7-3-1-4-8-16)14-17-9-5-2-6-10-17/h1,3-4,7-8,11,17-18,27H,2,5-6,9-10,12-15H2,(H,23,28)/t18-/m1/s1. The molecule has 7 nitrogen and oxygen atoms in total. The highest BCUT2D eigenvalue weighted by atomic mass is 16.3. The third kappa shape index (κ3) is 4.67. The van der Waals surface area contributed by atoms with Crippen LogP contribution in [0.1, 0.15) is 58.6 Å². The number of benzene rings is 1. The van der Waals surface area contributed by atoms with Crippen molar-refractivity contribution in [2.45, 2.75) is 51.3 Å². The molecule has 1 atom stereocenters. The lowest BCUT2D eigenvalue weighted by atomic mass is 9.89. The lowest BCUT2D eigenvalue weighted by molar-refractivity contribution is 0.0691. The molecule has 0 spiro atoms. The van der Waals surface area contributed by atoms with Crippen molar-refractivity contribution in [1.29, 1.82) is 0 Å². The summed E-state index contributed by atoms with van der Waals surface area (Å²) in [6, 6.07) is 11.5. The van der Waals surface area contributed by atoms with E-state index >= 15 is 0 Å². The van der Waals surface area contributed by atoms with E-state index in [0.29, 0.717) is 24.7 Å². The van der Waals surface area contributed by atoms with Crippen molar-refractivity contribution in [2.24, 2.45) is 5.92 Å². The molecule has 0 radical (unpaired) electrons. The van der Waals surface area contributed by atoms with Gasteiger partial charge in [0.05, 0.1) is 12.6 Å². The van der Waals surface area contributed by atoms with E-state index in [1.165, 1.54) is 23.9 Å². The van der Waals surface area contributed by atoms with Gasteiger partial charge in [-0.3, -0.25) is 14.3 Å².